The molecular weight excluding hydrogens is 396 g/mol. The lowest BCUT2D eigenvalue weighted by molar-refractivity contribution is -0.123. The summed E-state index contributed by atoms with van der Waals surface area (Å²) in [7, 11) is 1.62. The Morgan fingerprint density at radius 1 is 1.13 bits per heavy atom. The van der Waals surface area contributed by atoms with Gasteiger partial charge in [0.2, 0.25) is 0 Å². The van der Waals surface area contributed by atoms with Crippen LogP contribution in [0.25, 0.3) is 6.08 Å². The Morgan fingerprint density at radius 2 is 1.87 bits per heavy atom. The lowest BCUT2D eigenvalue weighted by Gasteiger charge is -2.22. The SMILES string of the molecule is CCOc1cc(/C=C2/SC(=Nc3ccc(C)cc3)N([C@@H](C)CC)C2=O)ccc1OC. The number of amides is 1. The molecule has 0 N–H and O–H groups in total. The molecule has 0 radical (unpaired) electrons. The third-order valence-electron chi connectivity index (χ3n) is 4.91. The molecule has 1 aliphatic heterocycles. The second kappa shape index (κ2) is 9.85. The molecular formula is C24H28N2O3S. The summed E-state index contributed by atoms with van der Waals surface area (Å²) in [5.74, 6) is 1.32. The van der Waals surface area contributed by atoms with Crippen LogP contribution in [0.15, 0.2) is 52.4 Å². The third kappa shape index (κ3) is 4.87. The first-order valence-electron chi connectivity index (χ1n) is 10.2. The molecule has 1 saturated heterocycles. The minimum absolute atomic E-state index is 0.0195. The summed E-state index contributed by atoms with van der Waals surface area (Å²) in [6, 6.07) is 13.7. The van der Waals surface area contributed by atoms with Gasteiger partial charge in [-0.3, -0.25) is 9.69 Å². The van der Waals surface area contributed by atoms with Crippen LogP contribution in [0.4, 0.5) is 5.69 Å². The van der Waals surface area contributed by atoms with E-state index in [1.807, 2.05) is 69.3 Å². The molecule has 5 nitrogen and oxygen atoms in total. The molecule has 0 unspecified atom stereocenters. The number of aryl methyl sites for hydroxylation is 1. The molecule has 2 aromatic carbocycles. The van der Waals surface area contributed by atoms with Crippen LogP contribution in [0.2, 0.25) is 0 Å². The van der Waals surface area contributed by atoms with E-state index in [1.165, 1.54) is 17.3 Å². The van der Waals surface area contributed by atoms with E-state index in [0.717, 1.165) is 17.7 Å². The number of aliphatic imine (C=N–C) groups is 1. The third-order valence-corrected chi connectivity index (χ3v) is 5.90. The van der Waals surface area contributed by atoms with E-state index in [9.17, 15) is 4.79 Å². The zero-order valence-electron chi connectivity index (χ0n) is 18.1. The minimum Gasteiger partial charge on any atom is -0.493 e. The van der Waals surface area contributed by atoms with Gasteiger partial charge in [0.05, 0.1) is 24.3 Å². The quantitative estimate of drug-likeness (QED) is 0.527. The first-order valence-corrected chi connectivity index (χ1v) is 11.0. The highest BCUT2D eigenvalue weighted by Gasteiger charge is 2.36. The molecule has 0 aliphatic carbocycles. The zero-order chi connectivity index (χ0) is 21.7. The van der Waals surface area contributed by atoms with Gasteiger partial charge >= 0.3 is 0 Å². The van der Waals surface area contributed by atoms with Crippen molar-refractivity contribution in [1.29, 1.82) is 0 Å². The van der Waals surface area contributed by atoms with Crippen LogP contribution in [-0.4, -0.2) is 35.7 Å². The molecule has 0 aromatic heterocycles. The molecule has 0 saturated carbocycles. The highest BCUT2D eigenvalue weighted by atomic mass is 32.2. The van der Waals surface area contributed by atoms with E-state index in [4.69, 9.17) is 14.5 Å². The first-order chi connectivity index (χ1) is 14.5. The van der Waals surface area contributed by atoms with Crippen LogP contribution in [0.5, 0.6) is 11.5 Å². The van der Waals surface area contributed by atoms with Crippen molar-refractivity contribution in [1.82, 2.24) is 4.90 Å². The van der Waals surface area contributed by atoms with Gasteiger partial charge in [0.25, 0.3) is 5.91 Å². The summed E-state index contributed by atoms with van der Waals surface area (Å²) < 4.78 is 11.0. The van der Waals surface area contributed by atoms with E-state index in [1.54, 1.807) is 12.0 Å². The van der Waals surface area contributed by atoms with Crippen molar-refractivity contribution in [2.24, 2.45) is 4.99 Å². The summed E-state index contributed by atoms with van der Waals surface area (Å²) in [4.78, 5) is 20.4. The number of thioether (sulfide) groups is 1. The molecule has 1 aliphatic rings. The Bertz CT molecular complexity index is 967. The van der Waals surface area contributed by atoms with E-state index in [0.29, 0.717) is 28.2 Å². The summed E-state index contributed by atoms with van der Waals surface area (Å²) >= 11 is 1.41. The van der Waals surface area contributed by atoms with Crippen molar-refractivity contribution in [3.63, 3.8) is 0 Å². The Hall–Kier alpha value is -2.73. The summed E-state index contributed by atoms with van der Waals surface area (Å²) in [6.45, 7) is 8.64. The number of carbonyl (C=O) groups is 1. The van der Waals surface area contributed by atoms with Crippen LogP contribution >= 0.6 is 11.8 Å². The maximum atomic E-state index is 13.2. The molecule has 1 atom stereocenters. The number of rotatable bonds is 7. The molecule has 2 aromatic rings. The number of carbonyl (C=O) groups excluding carboxylic acids is 1. The molecule has 1 fully saturated rings. The maximum Gasteiger partial charge on any atom is 0.266 e. The fraction of sp³-hybridized carbons (Fsp3) is 0.333. The monoisotopic (exact) mass is 424 g/mol. The van der Waals surface area contributed by atoms with Crippen LogP contribution < -0.4 is 9.47 Å². The zero-order valence-corrected chi connectivity index (χ0v) is 19.0. The van der Waals surface area contributed by atoms with Crippen molar-refractivity contribution >= 4 is 34.6 Å². The number of nitrogens with zero attached hydrogens (tertiary/aromatic N) is 2. The second-order valence-corrected chi connectivity index (χ2v) is 8.13. The fourth-order valence-electron chi connectivity index (χ4n) is 3.07. The normalized spacial score (nSPS) is 17.6. The lowest BCUT2D eigenvalue weighted by Crippen LogP contribution is -2.36. The Balaban J connectivity index is 1.97. The number of ether oxygens (including phenoxy) is 2. The van der Waals surface area contributed by atoms with Crippen LogP contribution in [-0.2, 0) is 4.79 Å². The average molecular weight is 425 g/mol. The topological polar surface area (TPSA) is 51.1 Å². The Labute approximate surface area is 182 Å². The van der Waals surface area contributed by atoms with Crippen molar-refractivity contribution < 1.29 is 14.3 Å². The molecule has 0 spiro atoms. The van der Waals surface area contributed by atoms with Gasteiger partial charge in [-0.25, -0.2) is 4.99 Å². The molecule has 1 heterocycles. The van der Waals surface area contributed by atoms with Crippen molar-refractivity contribution in [2.45, 2.75) is 40.2 Å². The molecule has 0 bridgehead atoms. The average Bonchev–Trinajstić information content (AvgIpc) is 3.04. The smallest absolute Gasteiger partial charge is 0.266 e. The number of hydrogen-bond donors (Lipinski definition) is 0. The highest BCUT2D eigenvalue weighted by Crippen LogP contribution is 2.37. The predicted octanol–water partition coefficient (Wildman–Crippen LogP) is 5.80. The molecule has 6 heteroatoms. The van der Waals surface area contributed by atoms with Crippen molar-refractivity contribution in [3.8, 4) is 11.5 Å². The number of benzene rings is 2. The molecule has 158 valence electrons. The predicted molar refractivity (Wildman–Crippen MR) is 125 cm³/mol. The summed E-state index contributed by atoms with van der Waals surface area (Å²) in [6.07, 6.45) is 2.74. The molecule has 1 amide bonds. The van der Waals surface area contributed by atoms with Gasteiger partial charge in [-0.05, 0) is 74.9 Å². The van der Waals surface area contributed by atoms with Gasteiger partial charge < -0.3 is 9.47 Å². The van der Waals surface area contributed by atoms with Crippen LogP contribution in [0.3, 0.4) is 0 Å². The van der Waals surface area contributed by atoms with E-state index in [2.05, 4.69) is 6.92 Å². The summed E-state index contributed by atoms with van der Waals surface area (Å²) in [5, 5.41) is 0.711. The highest BCUT2D eigenvalue weighted by molar-refractivity contribution is 8.18. The Morgan fingerprint density at radius 3 is 2.50 bits per heavy atom. The largest absolute Gasteiger partial charge is 0.493 e. The van der Waals surface area contributed by atoms with Gasteiger partial charge in [0, 0.05) is 6.04 Å². The minimum atomic E-state index is -0.0195. The fourth-order valence-corrected chi connectivity index (χ4v) is 4.16. The second-order valence-electron chi connectivity index (χ2n) is 7.12. The van der Waals surface area contributed by atoms with E-state index in [-0.39, 0.29) is 11.9 Å². The van der Waals surface area contributed by atoms with Gasteiger partial charge in [-0.2, -0.15) is 0 Å². The van der Waals surface area contributed by atoms with Gasteiger partial charge in [0.1, 0.15) is 0 Å². The van der Waals surface area contributed by atoms with Crippen molar-refractivity contribution in [3.05, 3.63) is 58.5 Å². The molecule has 30 heavy (non-hydrogen) atoms. The number of methoxy groups -OCH3 is 1. The lowest BCUT2D eigenvalue weighted by atomic mass is 10.1. The van der Waals surface area contributed by atoms with Gasteiger partial charge in [0.15, 0.2) is 16.7 Å². The first kappa shape index (κ1) is 22.0. The van der Waals surface area contributed by atoms with E-state index < -0.39 is 0 Å². The van der Waals surface area contributed by atoms with Crippen LogP contribution in [0.1, 0.15) is 38.3 Å². The number of hydrogen-bond acceptors (Lipinski definition) is 5. The van der Waals surface area contributed by atoms with Crippen LogP contribution in [0, 0.1) is 6.92 Å². The van der Waals surface area contributed by atoms with Gasteiger partial charge in [-0.15, -0.1) is 0 Å². The number of amidine groups is 1. The standard InChI is InChI=1S/C24H28N2O3S/c1-6-17(4)26-23(27)22(30-24(26)25-19-11-8-16(3)9-12-19)15-18-10-13-20(28-5)21(14-18)29-7-2/h8-15,17H,6-7H2,1-5H3/b22-15+,25-24?/t17-/m0/s1. The van der Waals surface area contributed by atoms with Crippen molar-refractivity contribution in [2.75, 3.05) is 13.7 Å². The summed E-state index contributed by atoms with van der Waals surface area (Å²) in [5.41, 5.74) is 2.90. The Kier molecular flexibility index (Phi) is 7.21. The van der Waals surface area contributed by atoms with Gasteiger partial charge in [-0.1, -0.05) is 30.7 Å². The maximum absolute atomic E-state index is 13.2. The molecule has 3 rings (SSSR count). The van der Waals surface area contributed by atoms with E-state index >= 15 is 0 Å².